The third-order valence-corrected chi connectivity index (χ3v) is 4.00. The first kappa shape index (κ1) is 12.8. The second-order valence-electron chi connectivity index (χ2n) is 5.61. The summed E-state index contributed by atoms with van der Waals surface area (Å²) in [5.41, 5.74) is 5.39. The first-order valence-corrected chi connectivity index (χ1v) is 6.35. The van der Waals surface area contributed by atoms with Crippen LogP contribution in [0.2, 0.25) is 0 Å². The van der Waals surface area contributed by atoms with Gasteiger partial charge in [-0.05, 0) is 33.4 Å². The van der Waals surface area contributed by atoms with Gasteiger partial charge in [-0.3, -0.25) is 4.79 Å². The molecule has 2 heterocycles. The van der Waals surface area contributed by atoms with Crippen LogP contribution in [0.5, 0.6) is 0 Å². The lowest BCUT2D eigenvalue weighted by molar-refractivity contribution is -0.131. The second kappa shape index (κ2) is 4.92. The van der Waals surface area contributed by atoms with Crippen molar-refractivity contribution in [3.05, 3.63) is 0 Å². The SMILES string of the molecule is CN1CCCC(NC(=O)C2(C)COCC2N)C1. The highest BCUT2D eigenvalue weighted by Gasteiger charge is 2.44. The largest absolute Gasteiger partial charge is 0.379 e. The number of ether oxygens (including phenoxy) is 1. The van der Waals surface area contributed by atoms with E-state index < -0.39 is 5.41 Å². The summed E-state index contributed by atoms with van der Waals surface area (Å²) < 4.78 is 5.31. The number of likely N-dealkylation sites (N-methyl/N-ethyl adjacent to an activating group) is 1. The van der Waals surface area contributed by atoms with Crippen molar-refractivity contribution in [3.63, 3.8) is 0 Å². The summed E-state index contributed by atoms with van der Waals surface area (Å²) in [7, 11) is 2.09. The summed E-state index contributed by atoms with van der Waals surface area (Å²) in [5.74, 6) is 0.0443. The van der Waals surface area contributed by atoms with Crippen LogP contribution in [0, 0.1) is 5.41 Å². The molecule has 5 nitrogen and oxygen atoms in total. The number of nitrogens with zero attached hydrogens (tertiary/aromatic N) is 1. The van der Waals surface area contributed by atoms with Crippen LogP contribution < -0.4 is 11.1 Å². The average Bonchev–Trinajstić information content (AvgIpc) is 2.60. The minimum atomic E-state index is -0.560. The number of nitrogens with two attached hydrogens (primary N) is 1. The number of hydrogen-bond acceptors (Lipinski definition) is 4. The molecule has 0 spiro atoms. The van der Waals surface area contributed by atoms with E-state index in [1.165, 1.54) is 0 Å². The number of piperidine rings is 1. The second-order valence-corrected chi connectivity index (χ2v) is 5.61. The Hall–Kier alpha value is -0.650. The van der Waals surface area contributed by atoms with Crippen LogP contribution in [-0.2, 0) is 9.53 Å². The van der Waals surface area contributed by atoms with Crippen molar-refractivity contribution < 1.29 is 9.53 Å². The van der Waals surface area contributed by atoms with Crippen molar-refractivity contribution in [2.75, 3.05) is 33.4 Å². The van der Waals surface area contributed by atoms with Crippen molar-refractivity contribution in [1.29, 1.82) is 0 Å². The molecule has 2 saturated heterocycles. The van der Waals surface area contributed by atoms with Crippen LogP contribution in [0.4, 0.5) is 0 Å². The summed E-state index contributed by atoms with van der Waals surface area (Å²) in [6.07, 6.45) is 2.20. The normalized spacial score (nSPS) is 39.2. The van der Waals surface area contributed by atoms with E-state index in [9.17, 15) is 4.79 Å². The maximum Gasteiger partial charge on any atom is 0.230 e. The predicted molar refractivity (Wildman–Crippen MR) is 65.6 cm³/mol. The Morgan fingerprint density at radius 2 is 2.35 bits per heavy atom. The van der Waals surface area contributed by atoms with Gasteiger partial charge in [0.2, 0.25) is 5.91 Å². The monoisotopic (exact) mass is 241 g/mol. The topological polar surface area (TPSA) is 67.6 Å². The van der Waals surface area contributed by atoms with Crippen molar-refractivity contribution >= 4 is 5.91 Å². The van der Waals surface area contributed by atoms with E-state index in [1.54, 1.807) is 0 Å². The van der Waals surface area contributed by atoms with Gasteiger partial charge < -0.3 is 20.7 Å². The summed E-state index contributed by atoms with van der Waals surface area (Å²) >= 11 is 0. The van der Waals surface area contributed by atoms with Crippen molar-refractivity contribution in [2.45, 2.75) is 31.8 Å². The molecule has 0 aliphatic carbocycles. The van der Waals surface area contributed by atoms with E-state index >= 15 is 0 Å². The maximum absolute atomic E-state index is 12.3. The van der Waals surface area contributed by atoms with E-state index in [-0.39, 0.29) is 18.0 Å². The molecule has 2 fully saturated rings. The third-order valence-electron chi connectivity index (χ3n) is 4.00. The molecular formula is C12H23N3O2. The lowest BCUT2D eigenvalue weighted by Crippen LogP contribution is -2.55. The number of rotatable bonds is 2. The van der Waals surface area contributed by atoms with Crippen LogP contribution in [0.3, 0.4) is 0 Å². The number of amides is 1. The van der Waals surface area contributed by atoms with Gasteiger partial charge in [0.05, 0.1) is 18.6 Å². The summed E-state index contributed by atoms with van der Waals surface area (Å²) in [5, 5.41) is 3.12. The average molecular weight is 241 g/mol. The minimum Gasteiger partial charge on any atom is -0.379 e. The van der Waals surface area contributed by atoms with Gasteiger partial charge in [0.15, 0.2) is 0 Å². The Bertz CT molecular complexity index is 297. The first-order chi connectivity index (χ1) is 8.02. The fourth-order valence-corrected chi connectivity index (χ4v) is 2.56. The van der Waals surface area contributed by atoms with E-state index in [0.717, 1.165) is 25.9 Å². The lowest BCUT2D eigenvalue weighted by Gasteiger charge is -2.33. The molecule has 2 aliphatic rings. The summed E-state index contributed by atoms with van der Waals surface area (Å²) in [4.78, 5) is 14.5. The Balaban J connectivity index is 1.92. The zero-order chi connectivity index (χ0) is 12.5. The van der Waals surface area contributed by atoms with Crippen molar-refractivity contribution in [3.8, 4) is 0 Å². The molecule has 0 radical (unpaired) electrons. The number of carbonyl (C=O) groups excluding carboxylic acids is 1. The third kappa shape index (κ3) is 2.61. The first-order valence-electron chi connectivity index (χ1n) is 6.35. The zero-order valence-corrected chi connectivity index (χ0v) is 10.7. The van der Waals surface area contributed by atoms with Crippen molar-refractivity contribution in [1.82, 2.24) is 10.2 Å². The maximum atomic E-state index is 12.3. The fourth-order valence-electron chi connectivity index (χ4n) is 2.56. The molecule has 0 aromatic heterocycles. The van der Waals surface area contributed by atoms with Gasteiger partial charge in [-0.2, -0.15) is 0 Å². The number of hydrogen-bond donors (Lipinski definition) is 2. The van der Waals surface area contributed by atoms with Crippen LogP contribution >= 0.6 is 0 Å². The molecule has 3 atom stereocenters. The van der Waals surface area contributed by atoms with Gasteiger partial charge in [0, 0.05) is 18.6 Å². The zero-order valence-electron chi connectivity index (χ0n) is 10.7. The quantitative estimate of drug-likeness (QED) is 0.688. The van der Waals surface area contributed by atoms with Gasteiger partial charge in [0.1, 0.15) is 0 Å². The Morgan fingerprint density at radius 1 is 1.59 bits per heavy atom. The predicted octanol–water partition coefficient (Wildman–Crippen LogP) is -0.439. The molecule has 3 N–H and O–H groups in total. The van der Waals surface area contributed by atoms with E-state index in [4.69, 9.17) is 10.5 Å². The van der Waals surface area contributed by atoms with Gasteiger partial charge in [-0.15, -0.1) is 0 Å². The summed E-state index contributed by atoms with van der Waals surface area (Å²) in [6.45, 7) is 4.85. The molecule has 0 aromatic carbocycles. The molecule has 1 amide bonds. The van der Waals surface area contributed by atoms with Crippen molar-refractivity contribution in [2.24, 2.45) is 11.1 Å². The van der Waals surface area contributed by atoms with Gasteiger partial charge in [0.25, 0.3) is 0 Å². The van der Waals surface area contributed by atoms with Crippen LogP contribution in [0.25, 0.3) is 0 Å². The molecule has 0 saturated carbocycles. The molecule has 0 bridgehead atoms. The minimum absolute atomic E-state index is 0.0443. The molecule has 2 rings (SSSR count). The van der Waals surface area contributed by atoms with Crippen LogP contribution in [0.15, 0.2) is 0 Å². The number of likely N-dealkylation sites (tertiary alicyclic amines) is 1. The Kier molecular flexibility index (Phi) is 3.70. The van der Waals surface area contributed by atoms with Gasteiger partial charge >= 0.3 is 0 Å². The highest BCUT2D eigenvalue weighted by Crippen LogP contribution is 2.27. The standard InChI is InChI=1S/C12H23N3O2/c1-12(8-17-7-10(12)13)11(16)14-9-4-3-5-15(2)6-9/h9-10H,3-8,13H2,1-2H3,(H,14,16). The molecule has 17 heavy (non-hydrogen) atoms. The molecule has 2 aliphatic heterocycles. The molecule has 3 unspecified atom stereocenters. The highest BCUT2D eigenvalue weighted by molar-refractivity contribution is 5.83. The van der Waals surface area contributed by atoms with Crippen LogP contribution in [-0.4, -0.2) is 56.2 Å². The highest BCUT2D eigenvalue weighted by atomic mass is 16.5. The van der Waals surface area contributed by atoms with Crippen LogP contribution in [0.1, 0.15) is 19.8 Å². The van der Waals surface area contributed by atoms with Gasteiger partial charge in [-0.25, -0.2) is 0 Å². The number of nitrogens with one attached hydrogen (secondary N) is 1. The Morgan fingerprint density at radius 3 is 2.94 bits per heavy atom. The van der Waals surface area contributed by atoms with E-state index in [1.807, 2.05) is 6.92 Å². The van der Waals surface area contributed by atoms with E-state index in [0.29, 0.717) is 13.2 Å². The smallest absolute Gasteiger partial charge is 0.230 e. The Labute approximate surface area is 103 Å². The molecular weight excluding hydrogens is 218 g/mol. The van der Waals surface area contributed by atoms with Gasteiger partial charge in [-0.1, -0.05) is 0 Å². The molecule has 98 valence electrons. The summed E-state index contributed by atoms with van der Waals surface area (Å²) in [6, 6.07) is 0.0645. The number of carbonyl (C=O) groups is 1. The lowest BCUT2D eigenvalue weighted by atomic mass is 9.84. The van der Waals surface area contributed by atoms with E-state index in [2.05, 4.69) is 17.3 Å². The molecule has 0 aromatic rings. The molecule has 5 heteroatoms. The fraction of sp³-hybridized carbons (Fsp3) is 0.917.